The molecule has 1 aliphatic heterocycles. The van der Waals surface area contributed by atoms with Crippen molar-refractivity contribution in [3.63, 3.8) is 0 Å². The Morgan fingerprint density at radius 2 is 2.29 bits per heavy atom. The molecule has 0 aliphatic carbocycles. The Kier molecular flexibility index (Phi) is 3.79. The second-order valence-corrected chi connectivity index (χ2v) is 4.09. The van der Waals surface area contributed by atoms with Crippen LogP contribution in [0.5, 0.6) is 0 Å². The number of anilines is 1. The summed E-state index contributed by atoms with van der Waals surface area (Å²) in [6, 6.07) is 8.08. The summed E-state index contributed by atoms with van der Waals surface area (Å²) in [5, 5.41) is 2.94. The zero-order valence-electron chi connectivity index (χ0n) is 9.78. The molecule has 0 aromatic heterocycles. The highest BCUT2D eigenvalue weighted by Crippen LogP contribution is 2.26. The fourth-order valence-electron chi connectivity index (χ4n) is 2.13. The SMILES string of the molecule is C#CCNCC(=O)N1CCCc2ccccc21. The van der Waals surface area contributed by atoms with Crippen molar-refractivity contribution >= 4 is 11.6 Å². The lowest BCUT2D eigenvalue weighted by atomic mass is 10.0. The van der Waals surface area contributed by atoms with E-state index in [-0.39, 0.29) is 5.91 Å². The van der Waals surface area contributed by atoms with E-state index in [1.807, 2.05) is 23.1 Å². The Morgan fingerprint density at radius 3 is 3.12 bits per heavy atom. The smallest absolute Gasteiger partial charge is 0.240 e. The van der Waals surface area contributed by atoms with Gasteiger partial charge in [0.15, 0.2) is 0 Å². The van der Waals surface area contributed by atoms with Crippen LogP contribution < -0.4 is 10.2 Å². The number of hydrogen-bond acceptors (Lipinski definition) is 2. The number of hydrogen-bond donors (Lipinski definition) is 1. The first kappa shape index (κ1) is 11.7. The summed E-state index contributed by atoms with van der Waals surface area (Å²) in [6.07, 6.45) is 7.21. The van der Waals surface area contributed by atoms with Crippen LogP contribution in [0.25, 0.3) is 0 Å². The van der Waals surface area contributed by atoms with E-state index >= 15 is 0 Å². The Hall–Kier alpha value is -1.79. The molecule has 88 valence electrons. The number of terminal acetylenes is 1. The van der Waals surface area contributed by atoms with Gasteiger partial charge in [-0.3, -0.25) is 10.1 Å². The number of carbonyl (C=O) groups excluding carboxylic acids is 1. The van der Waals surface area contributed by atoms with Crippen molar-refractivity contribution in [1.29, 1.82) is 0 Å². The maximum absolute atomic E-state index is 12.0. The van der Waals surface area contributed by atoms with Gasteiger partial charge in [-0.25, -0.2) is 0 Å². The van der Waals surface area contributed by atoms with Crippen LogP contribution in [0.1, 0.15) is 12.0 Å². The zero-order chi connectivity index (χ0) is 12.1. The van der Waals surface area contributed by atoms with Gasteiger partial charge in [-0.15, -0.1) is 6.42 Å². The summed E-state index contributed by atoms with van der Waals surface area (Å²) >= 11 is 0. The van der Waals surface area contributed by atoms with E-state index in [0.29, 0.717) is 13.1 Å². The fraction of sp³-hybridized carbons (Fsp3) is 0.357. The number of fused-ring (bicyclic) bond motifs is 1. The normalized spacial score (nSPS) is 13.9. The molecule has 0 bridgehead atoms. The van der Waals surface area contributed by atoms with Crippen molar-refractivity contribution < 1.29 is 4.79 Å². The van der Waals surface area contributed by atoms with Gasteiger partial charge in [0, 0.05) is 12.2 Å². The maximum atomic E-state index is 12.0. The molecule has 0 saturated heterocycles. The second-order valence-electron chi connectivity index (χ2n) is 4.09. The van der Waals surface area contributed by atoms with Crippen molar-refractivity contribution in [2.45, 2.75) is 12.8 Å². The van der Waals surface area contributed by atoms with Gasteiger partial charge >= 0.3 is 0 Å². The van der Waals surface area contributed by atoms with Crippen LogP contribution in [0.3, 0.4) is 0 Å². The van der Waals surface area contributed by atoms with E-state index in [1.165, 1.54) is 5.56 Å². The zero-order valence-corrected chi connectivity index (χ0v) is 9.78. The Morgan fingerprint density at radius 1 is 1.47 bits per heavy atom. The number of amides is 1. The number of nitrogens with zero attached hydrogens (tertiary/aromatic N) is 1. The lowest BCUT2D eigenvalue weighted by Gasteiger charge is -2.29. The number of para-hydroxylation sites is 1. The summed E-state index contributed by atoms with van der Waals surface area (Å²) in [7, 11) is 0. The number of aryl methyl sites for hydroxylation is 1. The van der Waals surface area contributed by atoms with Gasteiger partial charge in [0.1, 0.15) is 0 Å². The molecular weight excluding hydrogens is 212 g/mol. The van der Waals surface area contributed by atoms with E-state index in [0.717, 1.165) is 25.1 Å². The molecule has 1 heterocycles. The lowest BCUT2D eigenvalue weighted by Crippen LogP contribution is -2.41. The van der Waals surface area contributed by atoms with Crippen LogP contribution in [0.2, 0.25) is 0 Å². The third-order valence-electron chi connectivity index (χ3n) is 2.91. The van der Waals surface area contributed by atoms with Crippen LogP contribution in [-0.4, -0.2) is 25.5 Å². The summed E-state index contributed by atoms with van der Waals surface area (Å²) in [5.41, 5.74) is 2.30. The minimum absolute atomic E-state index is 0.0902. The molecule has 0 spiro atoms. The van der Waals surface area contributed by atoms with E-state index in [9.17, 15) is 4.79 Å². The minimum Gasteiger partial charge on any atom is -0.311 e. The van der Waals surface area contributed by atoms with Crippen LogP contribution in [-0.2, 0) is 11.2 Å². The van der Waals surface area contributed by atoms with E-state index in [1.54, 1.807) is 0 Å². The number of carbonyl (C=O) groups is 1. The van der Waals surface area contributed by atoms with Gasteiger partial charge in [-0.1, -0.05) is 24.1 Å². The summed E-state index contributed by atoms with van der Waals surface area (Å²) in [5.74, 6) is 2.55. The van der Waals surface area contributed by atoms with Crippen molar-refractivity contribution in [3.8, 4) is 12.3 Å². The van der Waals surface area contributed by atoms with Crippen molar-refractivity contribution in [1.82, 2.24) is 5.32 Å². The standard InChI is InChI=1S/C14H16N2O/c1-2-9-15-11-14(17)16-10-5-7-12-6-3-4-8-13(12)16/h1,3-4,6,8,15H,5,7,9-11H2. The van der Waals surface area contributed by atoms with Gasteiger partial charge in [0.25, 0.3) is 0 Å². The predicted molar refractivity (Wildman–Crippen MR) is 68.8 cm³/mol. The van der Waals surface area contributed by atoms with Gasteiger partial charge in [0.2, 0.25) is 5.91 Å². The summed E-state index contributed by atoms with van der Waals surface area (Å²) < 4.78 is 0. The Bertz CT molecular complexity index is 448. The molecule has 3 heteroatoms. The molecule has 0 saturated carbocycles. The molecule has 0 radical (unpaired) electrons. The predicted octanol–water partition coefficient (Wildman–Crippen LogP) is 1.19. The third kappa shape index (κ3) is 2.66. The first-order valence-corrected chi connectivity index (χ1v) is 5.85. The number of rotatable bonds is 3. The largest absolute Gasteiger partial charge is 0.311 e. The molecule has 17 heavy (non-hydrogen) atoms. The summed E-state index contributed by atoms with van der Waals surface area (Å²) in [4.78, 5) is 13.9. The van der Waals surface area contributed by atoms with Crippen LogP contribution in [0, 0.1) is 12.3 Å². The number of nitrogens with one attached hydrogen (secondary N) is 1. The molecule has 0 unspecified atom stereocenters. The van der Waals surface area contributed by atoms with Gasteiger partial charge in [-0.2, -0.15) is 0 Å². The molecular formula is C14H16N2O. The fourth-order valence-corrected chi connectivity index (χ4v) is 2.13. The Balaban J connectivity index is 2.08. The van der Waals surface area contributed by atoms with Gasteiger partial charge in [-0.05, 0) is 24.5 Å². The Labute approximate surface area is 102 Å². The van der Waals surface area contributed by atoms with Crippen LogP contribution in [0.15, 0.2) is 24.3 Å². The first-order chi connectivity index (χ1) is 8.33. The first-order valence-electron chi connectivity index (χ1n) is 5.85. The van der Waals surface area contributed by atoms with Crippen LogP contribution >= 0.6 is 0 Å². The average molecular weight is 228 g/mol. The van der Waals surface area contributed by atoms with Crippen molar-refractivity contribution in [3.05, 3.63) is 29.8 Å². The molecule has 1 aromatic rings. The highest BCUT2D eigenvalue weighted by molar-refractivity contribution is 5.95. The molecule has 1 aliphatic rings. The second kappa shape index (κ2) is 5.51. The van der Waals surface area contributed by atoms with E-state index < -0.39 is 0 Å². The molecule has 1 amide bonds. The van der Waals surface area contributed by atoms with Gasteiger partial charge in [0.05, 0.1) is 13.1 Å². The van der Waals surface area contributed by atoms with Crippen LogP contribution in [0.4, 0.5) is 5.69 Å². The minimum atomic E-state index is 0.0902. The molecule has 2 rings (SSSR count). The third-order valence-corrected chi connectivity index (χ3v) is 2.91. The van der Waals surface area contributed by atoms with Crippen molar-refractivity contribution in [2.75, 3.05) is 24.5 Å². The van der Waals surface area contributed by atoms with E-state index in [2.05, 4.69) is 17.3 Å². The highest BCUT2D eigenvalue weighted by atomic mass is 16.2. The average Bonchev–Trinajstić information content (AvgIpc) is 2.38. The van der Waals surface area contributed by atoms with Gasteiger partial charge < -0.3 is 4.90 Å². The monoisotopic (exact) mass is 228 g/mol. The maximum Gasteiger partial charge on any atom is 0.240 e. The quantitative estimate of drug-likeness (QED) is 0.622. The molecule has 1 N–H and O–H groups in total. The highest BCUT2D eigenvalue weighted by Gasteiger charge is 2.21. The number of benzene rings is 1. The molecule has 1 aromatic carbocycles. The lowest BCUT2D eigenvalue weighted by molar-refractivity contribution is -0.117. The summed E-state index contributed by atoms with van der Waals surface area (Å²) in [6.45, 7) is 1.54. The molecule has 0 fully saturated rings. The molecule has 3 nitrogen and oxygen atoms in total. The topological polar surface area (TPSA) is 32.3 Å². The van der Waals surface area contributed by atoms with E-state index in [4.69, 9.17) is 6.42 Å². The van der Waals surface area contributed by atoms with Crippen molar-refractivity contribution in [2.24, 2.45) is 0 Å². The molecule has 0 atom stereocenters.